The molecular weight excluding hydrogens is 784 g/mol. The number of aliphatic hydroxyl groups is 2. The van der Waals surface area contributed by atoms with Crippen LogP contribution < -0.4 is 11.1 Å². The van der Waals surface area contributed by atoms with Gasteiger partial charge in [-0.3, -0.25) is 13.8 Å². The molecule has 0 spiro atoms. The first-order valence-electron chi connectivity index (χ1n) is 25.7. The van der Waals surface area contributed by atoms with E-state index in [2.05, 4.69) is 43.5 Å². The number of hydrogen-bond donors (Lipinski definition) is 5. The maximum absolute atomic E-state index is 12.9. The summed E-state index contributed by atoms with van der Waals surface area (Å²) >= 11 is 0. The van der Waals surface area contributed by atoms with E-state index in [1.165, 1.54) is 167 Å². The Bertz CT molecular complexity index is 1070. The number of aliphatic hydroxyl groups excluding tert-OH is 2. The molecule has 0 aliphatic heterocycles. The molecule has 0 radical (unpaired) electrons. The molecule has 0 aromatic heterocycles. The van der Waals surface area contributed by atoms with Gasteiger partial charge in [0, 0.05) is 6.54 Å². The second-order valence-corrected chi connectivity index (χ2v) is 19.0. The Hall–Kier alpha value is -1.32. The summed E-state index contributed by atoms with van der Waals surface area (Å²) in [6.45, 7) is 3.90. The SMILES string of the molecule is CC/C=C\C/C=C\CCCCCCCCCCCCCCC(O)CC(=O)NC(COP(=O)(O)OCCN)C(O)/C=C/CCCCCCCCCCCCCCCCCCCC. The summed E-state index contributed by atoms with van der Waals surface area (Å²) in [4.78, 5) is 22.9. The van der Waals surface area contributed by atoms with Crippen LogP contribution in [0.5, 0.6) is 0 Å². The predicted octanol–water partition coefficient (Wildman–Crippen LogP) is 14.0. The second kappa shape index (κ2) is 46.7. The van der Waals surface area contributed by atoms with Gasteiger partial charge in [0.2, 0.25) is 5.91 Å². The minimum Gasteiger partial charge on any atom is -0.393 e. The molecule has 0 aromatic carbocycles. The first kappa shape index (κ1) is 59.7. The predicted molar refractivity (Wildman–Crippen MR) is 260 cm³/mol. The summed E-state index contributed by atoms with van der Waals surface area (Å²) < 4.78 is 22.2. The lowest BCUT2D eigenvalue weighted by Crippen LogP contribution is -2.46. The van der Waals surface area contributed by atoms with Crippen LogP contribution in [0.2, 0.25) is 0 Å². The van der Waals surface area contributed by atoms with Crippen LogP contribution in [0, 0.1) is 0 Å². The number of unbranched alkanes of at least 4 members (excludes halogenated alkanes) is 30. The molecule has 0 heterocycles. The van der Waals surface area contributed by atoms with E-state index in [9.17, 15) is 24.5 Å². The fraction of sp³-hybridized carbons (Fsp3) is 0.863. The van der Waals surface area contributed by atoms with Crippen LogP contribution in [0.3, 0.4) is 0 Å². The molecule has 360 valence electrons. The van der Waals surface area contributed by atoms with Gasteiger partial charge in [-0.25, -0.2) is 4.57 Å². The molecule has 0 bridgehead atoms. The van der Waals surface area contributed by atoms with Crippen LogP contribution in [-0.2, 0) is 18.4 Å². The largest absolute Gasteiger partial charge is 0.472 e. The smallest absolute Gasteiger partial charge is 0.393 e. The first-order chi connectivity index (χ1) is 29.8. The molecule has 0 aliphatic rings. The third kappa shape index (κ3) is 45.1. The van der Waals surface area contributed by atoms with Gasteiger partial charge in [0.1, 0.15) is 0 Å². The van der Waals surface area contributed by atoms with Crippen LogP contribution >= 0.6 is 7.82 Å². The maximum atomic E-state index is 12.9. The van der Waals surface area contributed by atoms with E-state index in [4.69, 9.17) is 14.8 Å². The zero-order valence-corrected chi connectivity index (χ0v) is 40.7. The summed E-state index contributed by atoms with van der Waals surface area (Å²) in [6.07, 6.45) is 53.8. The quantitative estimate of drug-likeness (QED) is 0.0230. The topological polar surface area (TPSA) is 151 Å². The minimum atomic E-state index is -4.40. The molecule has 0 aliphatic carbocycles. The Morgan fingerprint density at radius 1 is 0.590 bits per heavy atom. The van der Waals surface area contributed by atoms with Crippen LogP contribution in [0.1, 0.15) is 245 Å². The molecule has 61 heavy (non-hydrogen) atoms. The van der Waals surface area contributed by atoms with E-state index >= 15 is 0 Å². The van der Waals surface area contributed by atoms with E-state index < -0.39 is 38.6 Å². The minimum absolute atomic E-state index is 0.0493. The van der Waals surface area contributed by atoms with E-state index in [0.717, 1.165) is 51.4 Å². The molecule has 0 saturated carbocycles. The van der Waals surface area contributed by atoms with Crippen molar-refractivity contribution in [3.8, 4) is 0 Å². The van der Waals surface area contributed by atoms with Gasteiger partial charge >= 0.3 is 7.82 Å². The summed E-state index contributed by atoms with van der Waals surface area (Å²) in [7, 11) is -4.40. The van der Waals surface area contributed by atoms with Crippen molar-refractivity contribution in [1.29, 1.82) is 0 Å². The van der Waals surface area contributed by atoms with Gasteiger partial charge in [0.15, 0.2) is 0 Å². The highest BCUT2D eigenvalue weighted by molar-refractivity contribution is 7.47. The summed E-state index contributed by atoms with van der Waals surface area (Å²) in [5.74, 6) is -0.444. The Labute approximate surface area is 376 Å². The molecular formula is C51H99N2O7P. The number of amides is 1. The molecule has 1 amide bonds. The maximum Gasteiger partial charge on any atom is 0.472 e. The van der Waals surface area contributed by atoms with Crippen molar-refractivity contribution in [2.24, 2.45) is 5.73 Å². The number of phosphoric ester groups is 1. The highest BCUT2D eigenvalue weighted by Crippen LogP contribution is 2.43. The van der Waals surface area contributed by atoms with Crippen molar-refractivity contribution in [3.05, 3.63) is 36.5 Å². The van der Waals surface area contributed by atoms with Crippen LogP contribution in [0.25, 0.3) is 0 Å². The summed E-state index contributed by atoms with van der Waals surface area (Å²) in [5.41, 5.74) is 5.38. The van der Waals surface area contributed by atoms with Crippen molar-refractivity contribution in [1.82, 2.24) is 5.32 Å². The van der Waals surface area contributed by atoms with Gasteiger partial charge < -0.3 is 26.2 Å². The van der Waals surface area contributed by atoms with Crippen molar-refractivity contribution in [3.63, 3.8) is 0 Å². The number of carbonyl (C=O) groups excluding carboxylic acids is 1. The Morgan fingerprint density at radius 3 is 1.48 bits per heavy atom. The standard InChI is InChI=1S/C51H99N2O7P/c1-3-5-7-9-11-13-15-17-19-21-23-25-27-29-31-33-35-37-39-41-43-50(55)49(47-60-61(57,58)59-45-44-52)53-51(56)46-48(54)42-40-38-36-34-32-30-28-26-24-22-20-18-16-14-12-10-8-6-4-2/h6,8,12,14,41,43,48-50,54-55H,3-5,7,9-11,13,15-40,42,44-47,52H2,1-2H3,(H,53,56)(H,57,58)/b8-6-,14-12-,43-41+. The lowest BCUT2D eigenvalue weighted by Gasteiger charge is -2.24. The van der Waals surface area contributed by atoms with Crippen molar-refractivity contribution >= 4 is 13.7 Å². The van der Waals surface area contributed by atoms with Crippen molar-refractivity contribution in [2.45, 2.75) is 263 Å². The second-order valence-electron chi connectivity index (χ2n) is 17.5. The van der Waals surface area contributed by atoms with Crippen LogP contribution in [0.15, 0.2) is 36.5 Å². The number of nitrogens with one attached hydrogen (secondary N) is 1. The lowest BCUT2D eigenvalue weighted by molar-refractivity contribution is -0.124. The van der Waals surface area contributed by atoms with Crippen LogP contribution in [0.4, 0.5) is 0 Å². The Balaban J connectivity index is 4.18. The van der Waals surface area contributed by atoms with Gasteiger partial charge in [-0.1, -0.05) is 230 Å². The molecule has 4 atom stereocenters. The van der Waals surface area contributed by atoms with Gasteiger partial charge in [-0.15, -0.1) is 0 Å². The van der Waals surface area contributed by atoms with Crippen molar-refractivity contribution in [2.75, 3.05) is 19.8 Å². The van der Waals surface area contributed by atoms with E-state index in [0.29, 0.717) is 6.42 Å². The molecule has 9 nitrogen and oxygen atoms in total. The third-order valence-electron chi connectivity index (χ3n) is 11.5. The van der Waals surface area contributed by atoms with E-state index in [-0.39, 0.29) is 19.6 Å². The molecule has 4 unspecified atom stereocenters. The summed E-state index contributed by atoms with van der Waals surface area (Å²) in [5, 5.41) is 24.2. The average Bonchev–Trinajstić information content (AvgIpc) is 3.24. The monoisotopic (exact) mass is 883 g/mol. The average molecular weight is 883 g/mol. The first-order valence-corrected chi connectivity index (χ1v) is 27.2. The molecule has 10 heteroatoms. The Kier molecular flexibility index (Phi) is 45.7. The normalized spacial score (nSPS) is 14.7. The number of allylic oxidation sites excluding steroid dienone is 5. The summed E-state index contributed by atoms with van der Waals surface area (Å²) in [6, 6.07) is -0.983. The lowest BCUT2D eigenvalue weighted by atomic mass is 10.0. The van der Waals surface area contributed by atoms with Gasteiger partial charge in [-0.2, -0.15) is 0 Å². The molecule has 0 aromatic rings. The number of hydrogen-bond acceptors (Lipinski definition) is 7. The zero-order chi connectivity index (χ0) is 44.8. The highest BCUT2D eigenvalue weighted by atomic mass is 31.2. The number of carbonyl (C=O) groups is 1. The zero-order valence-electron chi connectivity index (χ0n) is 39.8. The fourth-order valence-corrected chi connectivity index (χ4v) is 8.45. The van der Waals surface area contributed by atoms with Gasteiger partial charge in [-0.05, 0) is 44.9 Å². The van der Waals surface area contributed by atoms with Gasteiger partial charge in [0.25, 0.3) is 0 Å². The highest BCUT2D eigenvalue weighted by Gasteiger charge is 2.27. The number of rotatable bonds is 48. The number of nitrogens with two attached hydrogens (primary N) is 1. The van der Waals surface area contributed by atoms with E-state index in [1.807, 2.05) is 6.08 Å². The third-order valence-corrected chi connectivity index (χ3v) is 12.5. The van der Waals surface area contributed by atoms with Crippen LogP contribution in [-0.4, -0.2) is 59.0 Å². The molecule has 0 fully saturated rings. The van der Waals surface area contributed by atoms with E-state index in [1.54, 1.807) is 6.08 Å². The fourth-order valence-electron chi connectivity index (χ4n) is 7.69. The number of phosphoric acid groups is 1. The van der Waals surface area contributed by atoms with Crippen molar-refractivity contribution < 1.29 is 33.5 Å². The molecule has 0 rings (SSSR count). The van der Waals surface area contributed by atoms with Gasteiger partial charge in [0.05, 0.1) is 37.9 Å². The molecule has 6 N–H and O–H groups in total. The molecule has 0 saturated heterocycles. The Morgan fingerprint density at radius 2 is 1.02 bits per heavy atom.